The first-order valence-corrected chi connectivity index (χ1v) is 6.78. The number of benzene rings is 1. The second-order valence-electron chi connectivity index (χ2n) is 4.22. The van der Waals surface area contributed by atoms with E-state index < -0.39 is 5.97 Å². The maximum atomic E-state index is 10.9. The van der Waals surface area contributed by atoms with E-state index in [2.05, 4.69) is 26.1 Å². The molecule has 0 saturated carbocycles. The topological polar surface area (TPSA) is 61.8 Å². The molecule has 19 heavy (non-hydrogen) atoms. The number of ether oxygens (including phenoxy) is 1. The van der Waals surface area contributed by atoms with Gasteiger partial charge in [-0.3, -0.25) is 0 Å². The van der Waals surface area contributed by atoms with Crippen LogP contribution in [0.5, 0.6) is 0 Å². The molecule has 0 aliphatic heterocycles. The van der Waals surface area contributed by atoms with Crippen LogP contribution < -0.4 is 5.32 Å². The number of carboxylic acids is 1. The summed E-state index contributed by atoms with van der Waals surface area (Å²) in [7, 11) is 3.72. The third-order valence-electron chi connectivity index (χ3n) is 2.70. The Kier molecular flexibility index (Phi) is 6.83. The molecular formula is C13H19BrN2O3. The molecule has 1 rings (SSSR count). The molecule has 0 bridgehead atoms. The smallest absolute Gasteiger partial charge is 0.336 e. The van der Waals surface area contributed by atoms with Crippen molar-refractivity contribution in [3.8, 4) is 0 Å². The largest absolute Gasteiger partial charge is 0.478 e. The van der Waals surface area contributed by atoms with Crippen LogP contribution in [0.1, 0.15) is 10.4 Å². The van der Waals surface area contributed by atoms with Gasteiger partial charge in [-0.1, -0.05) is 0 Å². The molecule has 1 aromatic rings. The highest BCUT2D eigenvalue weighted by atomic mass is 79.9. The van der Waals surface area contributed by atoms with Crippen molar-refractivity contribution >= 4 is 27.6 Å². The normalized spacial score (nSPS) is 10.7. The Hall–Kier alpha value is -1.11. The van der Waals surface area contributed by atoms with E-state index in [-0.39, 0.29) is 5.56 Å². The first-order chi connectivity index (χ1) is 9.04. The fraction of sp³-hybridized carbons (Fsp3) is 0.462. The molecule has 106 valence electrons. The average Bonchev–Trinajstić information content (AvgIpc) is 2.36. The molecule has 0 radical (unpaired) electrons. The van der Waals surface area contributed by atoms with Crippen molar-refractivity contribution in [1.29, 1.82) is 0 Å². The van der Waals surface area contributed by atoms with E-state index in [1.165, 1.54) is 0 Å². The molecule has 0 spiro atoms. The maximum Gasteiger partial charge on any atom is 0.336 e. The minimum Gasteiger partial charge on any atom is -0.478 e. The third-order valence-corrected chi connectivity index (χ3v) is 3.36. The van der Waals surface area contributed by atoms with Gasteiger partial charge in [-0.05, 0) is 41.2 Å². The van der Waals surface area contributed by atoms with E-state index in [0.717, 1.165) is 31.9 Å². The first kappa shape index (κ1) is 15.9. The van der Waals surface area contributed by atoms with Crippen LogP contribution in [0.3, 0.4) is 0 Å². The summed E-state index contributed by atoms with van der Waals surface area (Å²) in [4.78, 5) is 13.0. The van der Waals surface area contributed by atoms with Crippen LogP contribution in [0.4, 0.5) is 5.69 Å². The van der Waals surface area contributed by atoms with E-state index >= 15 is 0 Å². The molecule has 0 unspecified atom stereocenters. The molecule has 1 aromatic carbocycles. The number of carbonyl (C=O) groups is 1. The van der Waals surface area contributed by atoms with Gasteiger partial charge in [0.25, 0.3) is 0 Å². The van der Waals surface area contributed by atoms with Crippen molar-refractivity contribution < 1.29 is 14.6 Å². The van der Waals surface area contributed by atoms with Crippen LogP contribution >= 0.6 is 15.9 Å². The minimum absolute atomic E-state index is 0.266. The standard InChI is InChI=1S/C13H19BrN2O3/c1-16(7-8-19-2)6-5-15-10-3-4-11(13(17)18)12(14)9-10/h3-4,9,15H,5-8H2,1-2H3,(H,17,18). The molecule has 0 atom stereocenters. The molecule has 0 aliphatic carbocycles. The van der Waals surface area contributed by atoms with E-state index in [0.29, 0.717) is 4.47 Å². The van der Waals surface area contributed by atoms with Crippen molar-refractivity contribution in [2.24, 2.45) is 0 Å². The summed E-state index contributed by atoms with van der Waals surface area (Å²) >= 11 is 3.25. The summed E-state index contributed by atoms with van der Waals surface area (Å²) in [5.41, 5.74) is 1.17. The number of rotatable bonds is 8. The van der Waals surface area contributed by atoms with Gasteiger partial charge in [0.1, 0.15) is 0 Å². The summed E-state index contributed by atoms with van der Waals surface area (Å²) in [6.07, 6.45) is 0. The molecule has 5 nitrogen and oxygen atoms in total. The number of carboxylic acid groups (broad SMARTS) is 1. The molecular weight excluding hydrogens is 312 g/mol. The van der Waals surface area contributed by atoms with Crippen molar-refractivity contribution in [3.05, 3.63) is 28.2 Å². The predicted molar refractivity (Wildman–Crippen MR) is 79.0 cm³/mol. The number of likely N-dealkylation sites (N-methyl/N-ethyl adjacent to an activating group) is 1. The Labute approximate surface area is 121 Å². The zero-order valence-corrected chi connectivity index (χ0v) is 12.7. The molecule has 0 heterocycles. The fourth-order valence-electron chi connectivity index (χ4n) is 1.55. The Morgan fingerprint density at radius 3 is 2.79 bits per heavy atom. The lowest BCUT2D eigenvalue weighted by Crippen LogP contribution is -2.28. The highest BCUT2D eigenvalue weighted by molar-refractivity contribution is 9.10. The highest BCUT2D eigenvalue weighted by Gasteiger charge is 2.08. The third kappa shape index (κ3) is 5.59. The number of aromatic carboxylic acids is 1. The Morgan fingerprint density at radius 2 is 2.21 bits per heavy atom. The van der Waals surface area contributed by atoms with Crippen LogP contribution in [-0.2, 0) is 4.74 Å². The van der Waals surface area contributed by atoms with Crippen LogP contribution in [0.2, 0.25) is 0 Å². The Morgan fingerprint density at radius 1 is 1.47 bits per heavy atom. The highest BCUT2D eigenvalue weighted by Crippen LogP contribution is 2.21. The fourth-order valence-corrected chi connectivity index (χ4v) is 2.10. The number of nitrogens with one attached hydrogen (secondary N) is 1. The molecule has 0 saturated heterocycles. The Balaban J connectivity index is 2.42. The molecule has 0 aromatic heterocycles. The monoisotopic (exact) mass is 330 g/mol. The molecule has 6 heteroatoms. The van der Waals surface area contributed by atoms with Crippen LogP contribution in [0.15, 0.2) is 22.7 Å². The number of hydrogen-bond donors (Lipinski definition) is 2. The molecule has 2 N–H and O–H groups in total. The minimum atomic E-state index is -0.933. The summed E-state index contributed by atoms with van der Waals surface area (Å²) in [6, 6.07) is 5.13. The van der Waals surface area contributed by atoms with Gasteiger partial charge >= 0.3 is 5.97 Å². The number of nitrogens with zero attached hydrogens (tertiary/aromatic N) is 1. The number of hydrogen-bond acceptors (Lipinski definition) is 4. The van der Waals surface area contributed by atoms with Crippen LogP contribution in [-0.4, -0.2) is 56.4 Å². The average molecular weight is 331 g/mol. The number of methoxy groups -OCH3 is 1. The zero-order valence-electron chi connectivity index (χ0n) is 11.1. The van der Waals surface area contributed by atoms with E-state index in [9.17, 15) is 4.79 Å². The molecule has 0 fully saturated rings. The second-order valence-corrected chi connectivity index (χ2v) is 5.08. The quantitative estimate of drug-likeness (QED) is 0.764. The summed E-state index contributed by atoms with van der Waals surface area (Å²) in [5.74, 6) is -0.933. The van der Waals surface area contributed by atoms with Gasteiger partial charge in [-0.25, -0.2) is 4.79 Å². The van der Waals surface area contributed by atoms with Gasteiger partial charge in [-0.2, -0.15) is 0 Å². The lowest BCUT2D eigenvalue weighted by atomic mass is 10.2. The Bertz CT molecular complexity index is 426. The second kappa shape index (κ2) is 8.14. The van der Waals surface area contributed by atoms with Crippen molar-refractivity contribution in [2.45, 2.75) is 0 Å². The lowest BCUT2D eigenvalue weighted by Gasteiger charge is -2.16. The van der Waals surface area contributed by atoms with Gasteiger partial charge < -0.3 is 20.1 Å². The summed E-state index contributed by atoms with van der Waals surface area (Å²) in [5, 5.41) is 12.2. The van der Waals surface area contributed by atoms with Gasteiger partial charge in [0.05, 0.1) is 12.2 Å². The maximum absolute atomic E-state index is 10.9. The van der Waals surface area contributed by atoms with Gasteiger partial charge in [0, 0.05) is 36.9 Å². The van der Waals surface area contributed by atoms with Gasteiger partial charge in [-0.15, -0.1) is 0 Å². The van der Waals surface area contributed by atoms with Crippen LogP contribution in [0.25, 0.3) is 0 Å². The SMILES string of the molecule is COCCN(C)CCNc1ccc(C(=O)O)c(Br)c1. The van der Waals surface area contributed by atoms with E-state index in [4.69, 9.17) is 9.84 Å². The summed E-state index contributed by atoms with van der Waals surface area (Å²) < 4.78 is 5.59. The van der Waals surface area contributed by atoms with Crippen LogP contribution in [0, 0.1) is 0 Å². The van der Waals surface area contributed by atoms with Crippen molar-refractivity contribution in [3.63, 3.8) is 0 Å². The van der Waals surface area contributed by atoms with Gasteiger partial charge in [0.2, 0.25) is 0 Å². The first-order valence-electron chi connectivity index (χ1n) is 5.98. The number of halogens is 1. The lowest BCUT2D eigenvalue weighted by molar-refractivity contribution is 0.0696. The molecule has 0 amide bonds. The number of anilines is 1. The zero-order chi connectivity index (χ0) is 14.3. The van der Waals surface area contributed by atoms with Crippen molar-refractivity contribution in [2.75, 3.05) is 45.7 Å². The predicted octanol–water partition coefficient (Wildman–Crippen LogP) is 2.14. The van der Waals surface area contributed by atoms with E-state index in [1.807, 2.05) is 7.05 Å². The van der Waals surface area contributed by atoms with Crippen molar-refractivity contribution in [1.82, 2.24) is 4.90 Å². The molecule has 0 aliphatic rings. The van der Waals surface area contributed by atoms with E-state index in [1.54, 1.807) is 25.3 Å². The van der Waals surface area contributed by atoms with Gasteiger partial charge in [0.15, 0.2) is 0 Å². The summed E-state index contributed by atoms with van der Waals surface area (Å²) in [6.45, 7) is 3.29.